The fourth-order valence-electron chi connectivity index (χ4n) is 3.77. The normalized spacial score (nSPS) is 14.5. The number of benzene rings is 2. The van der Waals surface area contributed by atoms with E-state index < -0.39 is 5.97 Å². The number of likely N-dealkylation sites (tertiary alicyclic amines) is 1. The van der Waals surface area contributed by atoms with Gasteiger partial charge >= 0.3 is 5.97 Å². The highest BCUT2D eigenvalue weighted by Crippen LogP contribution is 2.35. The van der Waals surface area contributed by atoms with Crippen LogP contribution in [0.25, 0.3) is 22.0 Å². The van der Waals surface area contributed by atoms with Crippen molar-refractivity contribution in [1.29, 1.82) is 0 Å². The molecule has 0 atom stereocenters. The number of methoxy groups -OCH3 is 1. The summed E-state index contributed by atoms with van der Waals surface area (Å²) < 4.78 is 10.9. The van der Waals surface area contributed by atoms with Crippen LogP contribution in [0.3, 0.4) is 0 Å². The van der Waals surface area contributed by atoms with E-state index in [4.69, 9.17) is 15.2 Å². The Morgan fingerprint density at radius 3 is 2.61 bits per heavy atom. The molecule has 0 bridgehead atoms. The van der Waals surface area contributed by atoms with Crippen molar-refractivity contribution < 1.29 is 14.3 Å². The Labute approximate surface area is 164 Å². The van der Waals surface area contributed by atoms with E-state index in [9.17, 15) is 4.79 Å². The van der Waals surface area contributed by atoms with Gasteiger partial charge in [0.2, 0.25) is 0 Å². The number of hydrogen-bond donors (Lipinski definition) is 2. The highest BCUT2D eigenvalue weighted by molar-refractivity contribution is 6.08. The van der Waals surface area contributed by atoms with Crippen LogP contribution in [0.1, 0.15) is 23.3 Å². The second-order valence-electron chi connectivity index (χ2n) is 7.09. The Morgan fingerprint density at radius 2 is 1.89 bits per heavy atom. The highest BCUT2D eigenvalue weighted by atomic mass is 16.5. The van der Waals surface area contributed by atoms with Crippen LogP contribution in [0.15, 0.2) is 42.5 Å². The zero-order chi connectivity index (χ0) is 19.5. The van der Waals surface area contributed by atoms with Gasteiger partial charge in [0.25, 0.3) is 0 Å². The van der Waals surface area contributed by atoms with Gasteiger partial charge in [-0.25, -0.2) is 4.79 Å². The maximum absolute atomic E-state index is 12.3. The number of H-pyrrole nitrogens is 1. The van der Waals surface area contributed by atoms with Gasteiger partial charge in [0.15, 0.2) is 0 Å². The minimum Gasteiger partial charge on any atom is -0.492 e. The first-order valence-corrected chi connectivity index (χ1v) is 9.61. The van der Waals surface area contributed by atoms with E-state index in [1.54, 1.807) is 0 Å². The Balaban J connectivity index is 1.63. The van der Waals surface area contributed by atoms with Crippen LogP contribution in [0, 0.1) is 0 Å². The lowest BCUT2D eigenvalue weighted by Gasteiger charge is -2.14. The first kappa shape index (κ1) is 18.4. The van der Waals surface area contributed by atoms with Gasteiger partial charge in [-0.2, -0.15) is 0 Å². The molecule has 4 rings (SSSR count). The SMILES string of the molecule is COC(=O)c1[nH]c2cc(OCCN3CCCC3)ccc2c1-c1ccc(N)cc1. The number of carbonyl (C=O) groups is 1. The molecule has 1 aliphatic heterocycles. The third kappa shape index (κ3) is 3.68. The van der Waals surface area contributed by atoms with Gasteiger partial charge in [0.05, 0.1) is 12.6 Å². The molecule has 0 amide bonds. The largest absolute Gasteiger partial charge is 0.492 e. The van der Waals surface area contributed by atoms with E-state index in [1.807, 2.05) is 42.5 Å². The van der Waals surface area contributed by atoms with Crippen molar-refractivity contribution in [1.82, 2.24) is 9.88 Å². The lowest BCUT2D eigenvalue weighted by atomic mass is 10.0. The van der Waals surface area contributed by atoms with Gasteiger partial charge in [0.1, 0.15) is 18.1 Å². The molecule has 0 unspecified atom stereocenters. The lowest BCUT2D eigenvalue weighted by molar-refractivity contribution is 0.0596. The predicted molar refractivity (Wildman–Crippen MR) is 111 cm³/mol. The zero-order valence-electron chi connectivity index (χ0n) is 16.0. The molecule has 1 fully saturated rings. The van der Waals surface area contributed by atoms with Crippen molar-refractivity contribution in [3.63, 3.8) is 0 Å². The van der Waals surface area contributed by atoms with Crippen LogP contribution in [-0.2, 0) is 4.74 Å². The maximum Gasteiger partial charge on any atom is 0.355 e. The summed E-state index contributed by atoms with van der Waals surface area (Å²) >= 11 is 0. The monoisotopic (exact) mass is 379 g/mol. The first-order chi connectivity index (χ1) is 13.7. The van der Waals surface area contributed by atoms with E-state index >= 15 is 0 Å². The van der Waals surface area contributed by atoms with Gasteiger partial charge in [-0.05, 0) is 55.8 Å². The molecule has 28 heavy (non-hydrogen) atoms. The average Bonchev–Trinajstić information content (AvgIpc) is 3.35. The van der Waals surface area contributed by atoms with Crippen LogP contribution >= 0.6 is 0 Å². The number of nitrogens with one attached hydrogen (secondary N) is 1. The summed E-state index contributed by atoms with van der Waals surface area (Å²) in [5.41, 5.74) is 9.47. The molecule has 2 aromatic carbocycles. The van der Waals surface area contributed by atoms with Crippen molar-refractivity contribution in [3.8, 4) is 16.9 Å². The topological polar surface area (TPSA) is 80.6 Å². The molecule has 0 saturated carbocycles. The number of aromatic nitrogens is 1. The molecular weight excluding hydrogens is 354 g/mol. The fraction of sp³-hybridized carbons (Fsp3) is 0.318. The number of rotatable bonds is 6. The number of hydrogen-bond acceptors (Lipinski definition) is 5. The third-order valence-electron chi connectivity index (χ3n) is 5.23. The predicted octanol–water partition coefficient (Wildman–Crippen LogP) is 3.68. The molecule has 1 aromatic heterocycles. The van der Waals surface area contributed by atoms with Crippen molar-refractivity contribution in [2.75, 3.05) is 39.1 Å². The summed E-state index contributed by atoms with van der Waals surface area (Å²) in [6.07, 6.45) is 2.55. The highest BCUT2D eigenvalue weighted by Gasteiger charge is 2.20. The summed E-state index contributed by atoms with van der Waals surface area (Å²) in [4.78, 5) is 18.0. The van der Waals surface area contributed by atoms with Gasteiger partial charge in [0, 0.05) is 29.2 Å². The minimum atomic E-state index is -0.403. The quantitative estimate of drug-likeness (QED) is 0.504. The lowest BCUT2D eigenvalue weighted by Crippen LogP contribution is -2.25. The number of nitrogens with zero attached hydrogens (tertiary/aromatic N) is 1. The summed E-state index contributed by atoms with van der Waals surface area (Å²) in [7, 11) is 1.38. The number of carbonyl (C=O) groups excluding carboxylic acids is 1. The van der Waals surface area contributed by atoms with Crippen LogP contribution in [0.2, 0.25) is 0 Å². The standard InChI is InChI=1S/C22H25N3O3/c1-27-22(26)21-20(15-4-6-16(23)7-5-15)18-9-8-17(14-19(18)24-21)28-13-12-25-10-2-3-11-25/h4-9,14,24H,2-3,10-13,23H2,1H3. The maximum atomic E-state index is 12.3. The molecule has 6 nitrogen and oxygen atoms in total. The van der Waals surface area contributed by atoms with Crippen molar-refractivity contribution in [2.24, 2.45) is 0 Å². The minimum absolute atomic E-state index is 0.403. The van der Waals surface area contributed by atoms with Crippen molar-refractivity contribution in [2.45, 2.75) is 12.8 Å². The summed E-state index contributed by atoms with van der Waals surface area (Å²) in [5, 5.41) is 0.942. The van der Waals surface area contributed by atoms with Gasteiger partial charge in [-0.15, -0.1) is 0 Å². The van der Waals surface area contributed by atoms with E-state index in [1.165, 1.54) is 20.0 Å². The molecule has 0 aliphatic carbocycles. The third-order valence-corrected chi connectivity index (χ3v) is 5.23. The number of ether oxygens (including phenoxy) is 2. The molecule has 6 heteroatoms. The molecule has 3 aromatic rings. The number of anilines is 1. The number of fused-ring (bicyclic) bond motifs is 1. The number of nitrogens with two attached hydrogens (primary N) is 1. The first-order valence-electron chi connectivity index (χ1n) is 9.61. The van der Waals surface area contributed by atoms with Crippen molar-refractivity contribution >= 4 is 22.6 Å². The number of nitrogen functional groups attached to an aromatic ring is 1. The Kier molecular flexibility index (Phi) is 5.21. The molecule has 3 N–H and O–H groups in total. The molecule has 2 heterocycles. The number of aromatic amines is 1. The molecular formula is C22H25N3O3. The Bertz CT molecular complexity index is 973. The summed E-state index contributed by atoms with van der Waals surface area (Å²) in [6.45, 7) is 3.91. The molecule has 0 spiro atoms. The van der Waals surface area contributed by atoms with Gasteiger partial charge < -0.3 is 20.2 Å². The van der Waals surface area contributed by atoms with Gasteiger partial charge in [-0.1, -0.05) is 12.1 Å². The van der Waals surface area contributed by atoms with Crippen molar-refractivity contribution in [3.05, 3.63) is 48.2 Å². The summed E-state index contributed by atoms with van der Waals surface area (Å²) in [5.74, 6) is 0.382. The van der Waals surface area contributed by atoms with Crippen LogP contribution < -0.4 is 10.5 Å². The molecule has 0 radical (unpaired) electrons. The van der Waals surface area contributed by atoms with E-state index in [0.717, 1.165) is 47.4 Å². The van der Waals surface area contributed by atoms with E-state index in [2.05, 4.69) is 9.88 Å². The van der Waals surface area contributed by atoms with E-state index in [-0.39, 0.29) is 0 Å². The summed E-state index contributed by atoms with van der Waals surface area (Å²) in [6, 6.07) is 13.3. The Hall–Kier alpha value is -2.99. The Morgan fingerprint density at radius 1 is 1.14 bits per heavy atom. The molecule has 146 valence electrons. The second kappa shape index (κ2) is 7.94. The van der Waals surface area contributed by atoms with Gasteiger partial charge in [-0.3, -0.25) is 4.90 Å². The smallest absolute Gasteiger partial charge is 0.355 e. The van der Waals surface area contributed by atoms with Crippen LogP contribution in [0.4, 0.5) is 5.69 Å². The zero-order valence-corrected chi connectivity index (χ0v) is 16.0. The average molecular weight is 379 g/mol. The molecule has 1 saturated heterocycles. The second-order valence-corrected chi connectivity index (χ2v) is 7.09. The molecule has 1 aliphatic rings. The fourth-order valence-corrected chi connectivity index (χ4v) is 3.77. The van der Waals surface area contributed by atoms with Crippen LogP contribution in [0.5, 0.6) is 5.75 Å². The van der Waals surface area contributed by atoms with E-state index in [0.29, 0.717) is 18.0 Å². The number of esters is 1. The van der Waals surface area contributed by atoms with Crippen LogP contribution in [-0.4, -0.2) is 49.2 Å².